The van der Waals surface area contributed by atoms with Gasteiger partial charge >= 0.3 is 5.97 Å². The standard InChI is InChI=1S/C19H18N2O7S/c1-2-27-13-7-9-14(10-8-13)29(25,26)20-12-11-17(22)28-21-18(23)15-5-3-4-6-16(15)19(21)24/h3-10,20H,2,11-12H2,1H3. The van der Waals surface area contributed by atoms with Gasteiger partial charge in [0.2, 0.25) is 10.0 Å². The first kappa shape index (κ1) is 20.5. The minimum atomic E-state index is -3.84. The molecule has 2 amide bonds. The Balaban J connectivity index is 1.53. The lowest BCUT2D eigenvalue weighted by molar-refractivity contribution is -0.168. The van der Waals surface area contributed by atoms with Gasteiger partial charge in [-0.2, -0.15) is 0 Å². The maximum atomic E-state index is 12.3. The number of carbonyl (C=O) groups is 3. The highest BCUT2D eigenvalue weighted by Gasteiger charge is 2.38. The molecular formula is C19H18N2O7S. The molecule has 3 rings (SSSR count). The minimum absolute atomic E-state index is 0.00895. The summed E-state index contributed by atoms with van der Waals surface area (Å²) in [7, 11) is -3.84. The number of carbonyl (C=O) groups excluding carboxylic acids is 3. The SMILES string of the molecule is CCOc1ccc(S(=O)(=O)NCCC(=O)ON2C(=O)c3ccccc3C2=O)cc1. The van der Waals surface area contributed by atoms with Crippen LogP contribution in [0, 0.1) is 0 Å². The molecule has 0 saturated carbocycles. The van der Waals surface area contributed by atoms with Crippen LogP contribution in [0.1, 0.15) is 34.1 Å². The number of imide groups is 1. The van der Waals surface area contributed by atoms with E-state index in [0.717, 1.165) is 0 Å². The summed E-state index contributed by atoms with van der Waals surface area (Å²) in [5, 5.41) is 0.383. The van der Waals surface area contributed by atoms with Gasteiger partial charge in [-0.1, -0.05) is 17.2 Å². The molecule has 0 fully saturated rings. The fraction of sp³-hybridized carbons (Fsp3) is 0.211. The molecule has 0 aliphatic carbocycles. The Morgan fingerprint density at radius 3 is 2.14 bits per heavy atom. The fourth-order valence-electron chi connectivity index (χ4n) is 2.65. The van der Waals surface area contributed by atoms with Gasteiger partial charge in [-0.3, -0.25) is 9.59 Å². The zero-order valence-electron chi connectivity index (χ0n) is 15.5. The van der Waals surface area contributed by atoms with Gasteiger partial charge in [0.1, 0.15) is 5.75 Å². The predicted octanol–water partition coefficient (Wildman–Crippen LogP) is 1.51. The maximum absolute atomic E-state index is 12.3. The molecule has 1 heterocycles. The Morgan fingerprint density at radius 2 is 1.59 bits per heavy atom. The average molecular weight is 418 g/mol. The van der Waals surface area contributed by atoms with E-state index in [4.69, 9.17) is 9.57 Å². The van der Waals surface area contributed by atoms with E-state index in [-0.39, 0.29) is 29.0 Å². The van der Waals surface area contributed by atoms with Gasteiger partial charge in [0.15, 0.2) is 0 Å². The molecule has 0 unspecified atom stereocenters. The van der Waals surface area contributed by atoms with Crippen molar-refractivity contribution < 1.29 is 32.4 Å². The van der Waals surface area contributed by atoms with Crippen LogP contribution in [0.2, 0.25) is 0 Å². The molecule has 9 nitrogen and oxygen atoms in total. The van der Waals surface area contributed by atoms with Crippen molar-refractivity contribution in [3.05, 3.63) is 59.7 Å². The summed E-state index contributed by atoms with van der Waals surface area (Å²) in [6.07, 6.45) is -0.371. The van der Waals surface area contributed by atoms with Crippen LogP contribution in [0.5, 0.6) is 5.75 Å². The molecule has 2 aromatic rings. The van der Waals surface area contributed by atoms with Crippen LogP contribution in [0.15, 0.2) is 53.4 Å². The lowest BCUT2D eigenvalue weighted by atomic mass is 10.1. The number of sulfonamides is 1. The molecule has 1 N–H and O–H groups in total. The van der Waals surface area contributed by atoms with Crippen LogP contribution < -0.4 is 9.46 Å². The van der Waals surface area contributed by atoms with Crippen molar-refractivity contribution >= 4 is 27.8 Å². The van der Waals surface area contributed by atoms with Gasteiger partial charge in [0.05, 0.1) is 29.1 Å². The zero-order chi connectivity index (χ0) is 21.0. The summed E-state index contributed by atoms with van der Waals surface area (Å²) < 4.78 is 32.0. The number of rotatable bonds is 8. The largest absolute Gasteiger partial charge is 0.494 e. The number of ether oxygens (including phenoxy) is 1. The molecule has 0 bridgehead atoms. The lowest BCUT2D eigenvalue weighted by Gasteiger charge is -2.13. The second-order valence-electron chi connectivity index (χ2n) is 5.97. The summed E-state index contributed by atoms with van der Waals surface area (Å²) in [5.41, 5.74) is 0.281. The highest BCUT2D eigenvalue weighted by Crippen LogP contribution is 2.22. The van der Waals surface area contributed by atoms with E-state index in [0.29, 0.717) is 17.4 Å². The third kappa shape index (κ3) is 4.44. The first-order valence-electron chi connectivity index (χ1n) is 8.74. The molecule has 0 aromatic heterocycles. The number of hydrogen-bond donors (Lipinski definition) is 1. The van der Waals surface area contributed by atoms with Crippen LogP contribution in [0.3, 0.4) is 0 Å². The summed E-state index contributed by atoms with van der Waals surface area (Å²) in [6.45, 7) is 2.00. The molecule has 0 atom stereocenters. The molecule has 0 radical (unpaired) electrons. The van der Waals surface area contributed by atoms with E-state index in [1.54, 1.807) is 12.1 Å². The Labute approximate surface area is 167 Å². The highest BCUT2D eigenvalue weighted by molar-refractivity contribution is 7.89. The van der Waals surface area contributed by atoms with Crippen LogP contribution in [0.25, 0.3) is 0 Å². The molecular weight excluding hydrogens is 400 g/mol. The van der Waals surface area contributed by atoms with Crippen molar-refractivity contribution in [2.75, 3.05) is 13.2 Å². The quantitative estimate of drug-likeness (QED) is 0.645. The van der Waals surface area contributed by atoms with E-state index in [1.165, 1.54) is 36.4 Å². The number of benzene rings is 2. The molecule has 1 aliphatic heterocycles. The zero-order valence-corrected chi connectivity index (χ0v) is 16.3. The minimum Gasteiger partial charge on any atom is -0.494 e. The maximum Gasteiger partial charge on any atom is 0.334 e. The van der Waals surface area contributed by atoms with Crippen molar-refractivity contribution in [3.63, 3.8) is 0 Å². The topological polar surface area (TPSA) is 119 Å². The molecule has 2 aromatic carbocycles. The van der Waals surface area contributed by atoms with Gasteiger partial charge in [-0.05, 0) is 43.3 Å². The fourth-order valence-corrected chi connectivity index (χ4v) is 3.68. The van der Waals surface area contributed by atoms with Gasteiger partial charge in [0, 0.05) is 6.54 Å². The smallest absolute Gasteiger partial charge is 0.334 e. The number of fused-ring (bicyclic) bond motifs is 1. The number of amides is 2. The summed E-state index contributed by atoms with van der Waals surface area (Å²) in [6, 6.07) is 11.9. The number of nitrogens with one attached hydrogen (secondary N) is 1. The van der Waals surface area contributed by atoms with E-state index in [2.05, 4.69) is 4.72 Å². The monoisotopic (exact) mass is 418 g/mol. The first-order chi connectivity index (χ1) is 13.8. The summed E-state index contributed by atoms with van der Waals surface area (Å²) in [4.78, 5) is 41.1. The molecule has 1 aliphatic rings. The number of hydrogen-bond acceptors (Lipinski definition) is 7. The van der Waals surface area contributed by atoms with Crippen molar-refractivity contribution in [3.8, 4) is 5.75 Å². The highest BCUT2D eigenvalue weighted by atomic mass is 32.2. The first-order valence-corrected chi connectivity index (χ1v) is 10.2. The third-order valence-corrected chi connectivity index (χ3v) is 5.49. The Hall–Kier alpha value is -3.24. The Kier molecular flexibility index (Phi) is 5.95. The van der Waals surface area contributed by atoms with Gasteiger partial charge in [0.25, 0.3) is 11.8 Å². The van der Waals surface area contributed by atoms with Crippen LogP contribution in [-0.2, 0) is 19.7 Å². The summed E-state index contributed by atoms with van der Waals surface area (Å²) >= 11 is 0. The predicted molar refractivity (Wildman–Crippen MR) is 100 cm³/mol. The molecule has 0 saturated heterocycles. The normalized spacial score (nSPS) is 13.3. The van der Waals surface area contributed by atoms with Crippen molar-refractivity contribution in [1.29, 1.82) is 0 Å². The number of nitrogens with zero attached hydrogens (tertiary/aromatic N) is 1. The third-order valence-electron chi connectivity index (χ3n) is 4.02. The second-order valence-corrected chi connectivity index (χ2v) is 7.73. The van der Waals surface area contributed by atoms with Crippen LogP contribution in [-0.4, -0.2) is 44.4 Å². The average Bonchev–Trinajstić information content (AvgIpc) is 2.94. The van der Waals surface area contributed by atoms with Gasteiger partial charge in [-0.15, -0.1) is 0 Å². The van der Waals surface area contributed by atoms with E-state index < -0.39 is 27.8 Å². The van der Waals surface area contributed by atoms with Crippen molar-refractivity contribution in [1.82, 2.24) is 9.79 Å². The van der Waals surface area contributed by atoms with E-state index >= 15 is 0 Å². The van der Waals surface area contributed by atoms with E-state index in [1.807, 2.05) is 6.92 Å². The van der Waals surface area contributed by atoms with Gasteiger partial charge < -0.3 is 9.57 Å². The van der Waals surface area contributed by atoms with Crippen LogP contribution >= 0.6 is 0 Å². The molecule has 29 heavy (non-hydrogen) atoms. The molecule has 152 valence electrons. The molecule has 0 spiro atoms. The van der Waals surface area contributed by atoms with Crippen LogP contribution in [0.4, 0.5) is 0 Å². The second kappa shape index (κ2) is 8.41. The van der Waals surface area contributed by atoms with E-state index in [9.17, 15) is 22.8 Å². The Morgan fingerprint density at radius 1 is 1.00 bits per heavy atom. The van der Waals surface area contributed by atoms with Gasteiger partial charge in [-0.25, -0.2) is 17.9 Å². The lowest BCUT2D eigenvalue weighted by Crippen LogP contribution is -2.34. The number of hydroxylamine groups is 2. The molecule has 10 heteroatoms. The van der Waals surface area contributed by atoms with Crippen molar-refractivity contribution in [2.45, 2.75) is 18.2 Å². The summed E-state index contributed by atoms with van der Waals surface area (Å²) in [5.74, 6) is -1.87. The Bertz CT molecular complexity index is 1010. The van der Waals surface area contributed by atoms with Crippen molar-refractivity contribution in [2.24, 2.45) is 0 Å².